The van der Waals surface area contributed by atoms with Gasteiger partial charge in [-0.15, -0.1) is 0 Å². The van der Waals surface area contributed by atoms with Gasteiger partial charge in [-0.05, 0) is 0 Å². The molecule has 0 atom stereocenters. The van der Waals surface area contributed by atoms with Crippen LogP contribution in [-0.2, 0) is 6.42 Å². The maximum absolute atomic E-state index is 12.4. The SMILES string of the molecule is N#CCc1cnc(N)c(C(F)F)c1Cl. The first-order chi connectivity index (χ1) is 6.57. The lowest BCUT2D eigenvalue weighted by atomic mass is 10.1. The fraction of sp³-hybridized carbons (Fsp3) is 0.250. The number of halogens is 3. The van der Waals surface area contributed by atoms with Crippen LogP contribution < -0.4 is 5.73 Å². The van der Waals surface area contributed by atoms with Crippen molar-refractivity contribution < 1.29 is 8.78 Å². The van der Waals surface area contributed by atoms with Crippen molar-refractivity contribution in [2.24, 2.45) is 0 Å². The van der Waals surface area contributed by atoms with Crippen LogP contribution in [-0.4, -0.2) is 4.98 Å². The molecule has 1 aromatic rings. The highest BCUT2D eigenvalue weighted by atomic mass is 35.5. The predicted molar refractivity (Wildman–Crippen MR) is 47.9 cm³/mol. The number of nitrogens with two attached hydrogens (primary N) is 1. The van der Waals surface area contributed by atoms with Gasteiger partial charge in [0.15, 0.2) is 0 Å². The largest absolute Gasteiger partial charge is 0.383 e. The average Bonchev–Trinajstić information content (AvgIpc) is 2.10. The number of nitrogens with zero attached hydrogens (tertiary/aromatic N) is 2. The molecule has 6 heteroatoms. The van der Waals surface area contributed by atoms with Crippen molar-refractivity contribution in [2.75, 3.05) is 5.73 Å². The molecule has 0 radical (unpaired) electrons. The molecule has 0 fully saturated rings. The molecule has 0 aliphatic carbocycles. The van der Waals surface area contributed by atoms with Gasteiger partial charge in [-0.25, -0.2) is 13.8 Å². The van der Waals surface area contributed by atoms with E-state index < -0.39 is 12.0 Å². The Morgan fingerprint density at radius 3 is 2.79 bits per heavy atom. The van der Waals surface area contributed by atoms with E-state index in [1.165, 1.54) is 6.20 Å². The lowest BCUT2D eigenvalue weighted by molar-refractivity contribution is 0.152. The van der Waals surface area contributed by atoms with E-state index in [-0.39, 0.29) is 22.8 Å². The molecule has 0 aliphatic heterocycles. The van der Waals surface area contributed by atoms with Crippen molar-refractivity contribution in [2.45, 2.75) is 12.8 Å². The summed E-state index contributed by atoms with van der Waals surface area (Å²) in [5.74, 6) is -0.299. The van der Waals surface area contributed by atoms with Gasteiger partial charge in [0.2, 0.25) is 0 Å². The number of hydrogen-bond acceptors (Lipinski definition) is 3. The van der Waals surface area contributed by atoms with Gasteiger partial charge in [-0.2, -0.15) is 5.26 Å². The normalized spacial score (nSPS) is 10.2. The average molecular weight is 218 g/mol. The maximum atomic E-state index is 12.4. The van der Waals surface area contributed by atoms with Crippen LogP contribution >= 0.6 is 11.6 Å². The molecule has 1 heterocycles. The molecule has 2 N–H and O–H groups in total. The monoisotopic (exact) mass is 217 g/mol. The molecule has 1 aromatic heterocycles. The molecule has 0 saturated carbocycles. The number of aromatic nitrogens is 1. The number of rotatable bonds is 2. The second-order valence-corrected chi connectivity index (χ2v) is 2.91. The van der Waals surface area contributed by atoms with E-state index in [1.54, 1.807) is 6.07 Å². The summed E-state index contributed by atoms with van der Waals surface area (Å²) >= 11 is 5.64. The second kappa shape index (κ2) is 4.20. The van der Waals surface area contributed by atoms with Crippen LogP contribution in [0.15, 0.2) is 6.20 Å². The minimum Gasteiger partial charge on any atom is -0.383 e. The van der Waals surface area contributed by atoms with Crippen LogP contribution in [0.5, 0.6) is 0 Å². The first kappa shape index (κ1) is 10.7. The zero-order valence-electron chi connectivity index (χ0n) is 6.97. The lowest BCUT2D eigenvalue weighted by Crippen LogP contribution is -2.02. The third-order valence-electron chi connectivity index (χ3n) is 1.64. The number of alkyl halides is 2. The van der Waals surface area contributed by atoms with E-state index in [2.05, 4.69) is 4.98 Å². The molecule has 1 rings (SSSR count). The minimum atomic E-state index is -2.78. The Bertz CT molecular complexity index is 387. The van der Waals surface area contributed by atoms with Gasteiger partial charge in [0.25, 0.3) is 6.43 Å². The van der Waals surface area contributed by atoms with E-state index in [1.807, 2.05) is 0 Å². The smallest absolute Gasteiger partial charge is 0.268 e. The standard InChI is InChI=1S/C8H6ClF2N3/c9-6-4(1-2-12)3-14-8(13)5(6)7(10)11/h3,7H,1H2,(H2,13,14). The van der Waals surface area contributed by atoms with Crippen LogP contribution in [0, 0.1) is 11.3 Å². The van der Waals surface area contributed by atoms with Crippen molar-refractivity contribution in [1.29, 1.82) is 5.26 Å². The maximum Gasteiger partial charge on any atom is 0.268 e. The van der Waals surface area contributed by atoms with E-state index in [0.717, 1.165) is 0 Å². The molecule has 0 spiro atoms. The van der Waals surface area contributed by atoms with Crippen LogP contribution in [0.3, 0.4) is 0 Å². The van der Waals surface area contributed by atoms with Crippen molar-refractivity contribution in [1.82, 2.24) is 4.98 Å². The summed E-state index contributed by atoms with van der Waals surface area (Å²) in [5, 5.41) is 8.22. The topological polar surface area (TPSA) is 62.7 Å². The Morgan fingerprint density at radius 1 is 1.64 bits per heavy atom. The van der Waals surface area contributed by atoms with Gasteiger partial charge in [0, 0.05) is 11.8 Å². The first-order valence-electron chi connectivity index (χ1n) is 3.65. The fourth-order valence-corrected chi connectivity index (χ4v) is 1.27. The molecule has 0 aliphatic rings. The molecule has 0 amide bonds. The molecule has 74 valence electrons. The molecule has 0 saturated heterocycles. The number of nitriles is 1. The minimum absolute atomic E-state index is 0.0637. The fourth-order valence-electron chi connectivity index (χ4n) is 0.975. The Morgan fingerprint density at radius 2 is 2.29 bits per heavy atom. The highest BCUT2D eigenvalue weighted by Gasteiger charge is 2.19. The van der Waals surface area contributed by atoms with Crippen molar-refractivity contribution in [3.05, 3.63) is 22.3 Å². The molecule has 0 unspecified atom stereocenters. The summed E-state index contributed by atoms with van der Waals surface area (Å²) in [6.45, 7) is 0. The van der Waals surface area contributed by atoms with Crippen molar-refractivity contribution in [3.63, 3.8) is 0 Å². The molecule has 14 heavy (non-hydrogen) atoms. The zero-order valence-corrected chi connectivity index (χ0v) is 7.72. The summed E-state index contributed by atoms with van der Waals surface area (Å²) < 4.78 is 24.8. The van der Waals surface area contributed by atoms with E-state index >= 15 is 0 Å². The van der Waals surface area contributed by atoms with Crippen LogP contribution in [0.25, 0.3) is 0 Å². The zero-order chi connectivity index (χ0) is 10.7. The summed E-state index contributed by atoms with van der Waals surface area (Å²) in [4.78, 5) is 3.54. The molecular weight excluding hydrogens is 212 g/mol. The Kier molecular flexibility index (Phi) is 3.20. The molecule has 3 nitrogen and oxygen atoms in total. The Labute approximate surface area is 84.1 Å². The van der Waals surface area contributed by atoms with E-state index in [9.17, 15) is 8.78 Å². The van der Waals surface area contributed by atoms with Crippen molar-refractivity contribution >= 4 is 17.4 Å². The van der Waals surface area contributed by atoms with Gasteiger partial charge >= 0.3 is 0 Å². The molecular formula is C8H6ClF2N3. The van der Waals surface area contributed by atoms with Gasteiger partial charge in [-0.3, -0.25) is 0 Å². The Balaban J connectivity index is 3.28. The van der Waals surface area contributed by atoms with Gasteiger partial charge in [0.05, 0.1) is 23.1 Å². The molecule has 0 aromatic carbocycles. The quantitative estimate of drug-likeness (QED) is 0.827. The third kappa shape index (κ3) is 1.91. The summed E-state index contributed by atoms with van der Waals surface area (Å²) in [7, 11) is 0. The number of hydrogen-bond donors (Lipinski definition) is 1. The van der Waals surface area contributed by atoms with Gasteiger partial charge in [0.1, 0.15) is 5.82 Å². The van der Waals surface area contributed by atoms with E-state index in [4.69, 9.17) is 22.6 Å². The van der Waals surface area contributed by atoms with Gasteiger partial charge < -0.3 is 5.73 Å². The summed E-state index contributed by atoms with van der Waals surface area (Å²) in [6.07, 6.45) is -1.62. The van der Waals surface area contributed by atoms with E-state index in [0.29, 0.717) is 0 Å². The first-order valence-corrected chi connectivity index (χ1v) is 4.03. The summed E-state index contributed by atoms with van der Waals surface area (Å²) in [6, 6.07) is 1.80. The second-order valence-electron chi connectivity index (χ2n) is 2.53. The highest BCUT2D eigenvalue weighted by Crippen LogP contribution is 2.33. The number of pyridine rings is 1. The van der Waals surface area contributed by atoms with Crippen LogP contribution in [0.1, 0.15) is 17.6 Å². The van der Waals surface area contributed by atoms with Crippen LogP contribution in [0.4, 0.5) is 14.6 Å². The van der Waals surface area contributed by atoms with Crippen molar-refractivity contribution in [3.8, 4) is 6.07 Å². The highest BCUT2D eigenvalue weighted by molar-refractivity contribution is 6.32. The Hall–Kier alpha value is -1.41. The lowest BCUT2D eigenvalue weighted by Gasteiger charge is -2.08. The summed E-state index contributed by atoms with van der Waals surface area (Å²) in [5.41, 5.74) is 4.99. The number of nitrogen functional groups attached to an aromatic ring is 1. The number of anilines is 1. The predicted octanol–water partition coefficient (Wildman–Crippen LogP) is 2.32. The third-order valence-corrected chi connectivity index (χ3v) is 2.09. The van der Waals surface area contributed by atoms with Crippen LogP contribution in [0.2, 0.25) is 5.02 Å². The molecule has 0 bridgehead atoms. The van der Waals surface area contributed by atoms with Gasteiger partial charge in [-0.1, -0.05) is 11.6 Å².